The molecular weight excluding hydrogens is 390 g/mol. The van der Waals surface area contributed by atoms with Gasteiger partial charge in [-0.25, -0.2) is 0 Å². The van der Waals surface area contributed by atoms with Gasteiger partial charge in [0.1, 0.15) is 0 Å². The molecule has 4 nitrogen and oxygen atoms in total. The second-order valence-corrected chi connectivity index (χ2v) is 9.10. The van der Waals surface area contributed by atoms with Crippen molar-refractivity contribution < 1.29 is 4.79 Å². The zero-order chi connectivity index (χ0) is 20.5. The molecule has 2 aliphatic rings. The van der Waals surface area contributed by atoms with Gasteiger partial charge in [0.25, 0.3) is 5.91 Å². The molecule has 0 atom stereocenters. The van der Waals surface area contributed by atoms with Crippen LogP contribution in [0, 0.1) is 0 Å². The molecule has 1 aliphatic carbocycles. The first-order valence-corrected chi connectivity index (χ1v) is 11.3. The topological polar surface area (TPSA) is 58.4 Å². The number of anilines is 2. The Morgan fingerprint density at radius 1 is 1.17 bits per heavy atom. The monoisotopic (exact) mass is 415 g/mol. The van der Waals surface area contributed by atoms with E-state index in [-0.39, 0.29) is 5.91 Å². The molecule has 1 aromatic heterocycles. The van der Waals surface area contributed by atoms with Crippen LogP contribution in [0.25, 0.3) is 10.4 Å². The number of carbonyl (C=O) groups excluding carboxylic acids is 1. The first-order valence-electron chi connectivity index (χ1n) is 10.5. The van der Waals surface area contributed by atoms with Crippen molar-refractivity contribution in [1.82, 2.24) is 5.32 Å². The molecule has 1 fully saturated rings. The van der Waals surface area contributed by atoms with E-state index >= 15 is 0 Å². The van der Waals surface area contributed by atoms with Gasteiger partial charge in [-0.15, -0.1) is 11.3 Å². The molecule has 5 heteroatoms. The number of thiophene rings is 1. The Hall–Kier alpha value is -3.05. The summed E-state index contributed by atoms with van der Waals surface area (Å²) in [7, 11) is 0. The lowest BCUT2D eigenvalue weighted by Crippen LogP contribution is -2.32. The minimum absolute atomic E-state index is 0.0203. The molecule has 0 spiro atoms. The Kier molecular flexibility index (Phi) is 5.05. The predicted molar refractivity (Wildman–Crippen MR) is 125 cm³/mol. The summed E-state index contributed by atoms with van der Waals surface area (Å²) < 4.78 is 0. The highest BCUT2D eigenvalue weighted by Crippen LogP contribution is 2.42. The number of nitrogen functional groups attached to an aromatic ring is 1. The fraction of sp³-hybridized carbons (Fsp3) is 0.240. The number of carbonyl (C=O) groups is 1. The summed E-state index contributed by atoms with van der Waals surface area (Å²) >= 11 is 1.84. The summed E-state index contributed by atoms with van der Waals surface area (Å²) in [6, 6.07) is 18.4. The Morgan fingerprint density at radius 2 is 1.97 bits per heavy atom. The van der Waals surface area contributed by atoms with Crippen LogP contribution in [0.3, 0.4) is 0 Å². The predicted octanol–water partition coefficient (Wildman–Crippen LogP) is 5.01. The van der Waals surface area contributed by atoms with E-state index in [4.69, 9.17) is 5.73 Å². The minimum atomic E-state index is 0.0203. The van der Waals surface area contributed by atoms with Crippen LogP contribution < -0.4 is 16.0 Å². The largest absolute Gasteiger partial charge is 0.399 e. The third kappa shape index (κ3) is 3.85. The van der Waals surface area contributed by atoms with Gasteiger partial charge >= 0.3 is 0 Å². The molecule has 2 aromatic carbocycles. The lowest BCUT2D eigenvalue weighted by atomic mass is 10.1. The molecule has 0 radical (unpaired) electrons. The minimum Gasteiger partial charge on any atom is -0.399 e. The number of nitrogens with one attached hydrogen (secondary N) is 1. The van der Waals surface area contributed by atoms with Crippen LogP contribution in [0.1, 0.15) is 33.6 Å². The van der Waals surface area contributed by atoms with Crippen molar-refractivity contribution in [2.75, 3.05) is 17.2 Å². The number of rotatable bonds is 5. The summed E-state index contributed by atoms with van der Waals surface area (Å²) in [5, 5.41) is 3.42. The number of fused-ring (bicyclic) bond motifs is 3. The molecule has 2 heterocycles. The SMILES string of the molecule is Nc1ccc(C(=O)N2CCc3cc(C/C=C/NC4CC4)sc3-c3ccccc32)cc1. The van der Waals surface area contributed by atoms with E-state index in [0.717, 1.165) is 24.1 Å². The Labute approximate surface area is 181 Å². The number of allylic oxidation sites excluding steroid dienone is 1. The molecule has 3 N–H and O–H groups in total. The van der Waals surface area contributed by atoms with Gasteiger partial charge in [-0.2, -0.15) is 0 Å². The van der Waals surface area contributed by atoms with E-state index in [0.29, 0.717) is 23.8 Å². The molecule has 5 rings (SSSR count). The lowest BCUT2D eigenvalue weighted by molar-refractivity contribution is 0.0987. The van der Waals surface area contributed by atoms with Crippen molar-refractivity contribution in [2.24, 2.45) is 0 Å². The normalized spacial score (nSPS) is 15.5. The van der Waals surface area contributed by atoms with Gasteiger partial charge in [-0.1, -0.05) is 24.3 Å². The fourth-order valence-corrected chi connectivity index (χ4v) is 5.09. The second-order valence-electron chi connectivity index (χ2n) is 7.96. The summed E-state index contributed by atoms with van der Waals surface area (Å²) in [4.78, 5) is 17.8. The fourth-order valence-electron chi connectivity index (χ4n) is 3.88. The molecule has 1 saturated carbocycles. The van der Waals surface area contributed by atoms with Crippen molar-refractivity contribution in [1.29, 1.82) is 0 Å². The molecule has 1 amide bonds. The zero-order valence-corrected chi connectivity index (χ0v) is 17.6. The van der Waals surface area contributed by atoms with Crippen LogP contribution in [0.2, 0.25) is 0 Å². The maximum Gasteiger partial charge on any atom is 0.258 e. The van der Waals surface area contributed by atoms with Crippen molar-refractivity contribution in [2.45, 2.75) is 31.7 Å². The van der Waals surface area contributed by atoms with Gasteiger partial charge in [0.05, 0.1) is 5.69 Å². The lowest BCUT2D eigenvalue weighted by Gasteiger charge is -2.23. The van der Waals surface area contributed by atoms with Gasteiger partial charge < -0.3 is 16.0 Å². The molecular formula is C25H25N3OS. The van der Waals surface area contributed by atoms with Crippen molar-refractivity contribution >= 4 is 28.6 Å². The smallest absolute Gasteiger partial charge is 0.258 e. The molecule has 30 heavy (non-hydrogen) atoms. The summed E-state index contributed by atoms with van der Waals surface area (Å²) in [6.45, 7) is 0.669. The first-order chi connectivity index (χ1) is 14.7. The standard InChI is InChI=1S/C25H25N3OS/c26-19-9-7-17(8-10-19)25(29)28-15-13-18-16-21(4-3-14-27-20-11-12-20)30-24(18)22-5-1-2-6-23(22)28/h1-3,5-10,14,16,20,27H,4,11-13,15,26H2/b14-3+. The molecule has 0 saturated heterocycles. The third-order valence-electron chi connectivity index (χ3n) is 5.65. The maximum atomic E-state index is 13.3. The molecule has 1 aliphatic heterocycles. The van der Waals surface area contributed by atoms with Crippen LogP contribution in [0.15, 0.2) is 66.9 Å². The third-order valence-corrected chi connectivity index (χ3v) is 6.89. The summed E-state index contributed by atoms with van der Waals surface area (Å²) in [6.07, 6.45) is 8.69. The van der Waals surface area contributed by atoms with E-state index in [1.165, 1.54) is 28.2 Å². The van der Waals surface area contributed by atoms with E-state index < -0.39 is 0 Å². The number of benzene rings is 2. The number of hydrogen-bond donors (Lipinski definition) is 2. The van der Waals surface area contributed by atoms with Crippen LogP contribution in [-0.2, 0) is 12.8 Å². The van der Waals surface area contributed by atoms with Gasteiger partial charge in [0.2, 0.25) is 0 Å². The van der Waals surface area contributed by atoms with Crippen LogP contribution in [-0.4, -0.2) is 18.5 Å². The molecule has 3 aromatic rings. The quantitative estimate of drug-likeness (QED) is 0.576. The van der Waals surface area contributed by atoms with Crippen LogP contribution in [0.5, 0.6) is 0 Å². The van der Waals surface area contributed by atoms with E-state index in [1.807, 2.05) is 22.3 Å². The summed E-state index contributed by atoms with van der Waals surface area (Å²) in [5.41, 5.74) is 10.6. The van der Waals surface area contributed by atoms with Crippen molar-refractivity contribution in [3.63, 3.8) is 0 Å². The number of amides is 1. The Balaban J connectivity index is 1.43. The van der Waals surface area contributed by atoms with Crippen LogP contribution >= 0.6 is 11.3 Å². The average molecular weight is 416 g/mol. The van der Waals surface area contributed by atoms with Gasteiger partial charge in [-0.3, -0.25) is 4.79 Å². The van der Waals surface area contributed by atoms with Gasteiger partial charge in [0.15, 0.2) is 0 Å². The van der Waals surface area contributed by atoms with Gasteiger partial charge in [0, 0.05) is 45.6 Å². The number of hydrogen-bond acceptors (Lipinski definition) is 4. The van der Waals surface area contributed by atoms with Gasteiger partial charge in [-0.05, 0) is 67.4 Å². The highest BCUT2D eigenvalue weighted by Gasteiger charge is 2.26. The first kappa shape index (κ1) is 18.9. The van der Waals surface area contributed by atoms with E-state index in [9.17, 15) is 4.79 Å². The molecule has 0 unspecified atom stereocenters. The number of nitrogens with two attached hydrogens (primary N) is 1. The Morgan fingerprint density at radius 3 is 2.77 bits per heavy atom. The molecule has 0 bridgehead atoms. The number of para-hydroxylation sites is 1. The van der Waals surface area contributed by atoms with E-state index in [2.05, 4.69) is 41.9 Å². The maximum absolute atomic E-state index is 13.3. The van der Waals surface area contributed by atoms with E-state index in [1.54, 1.807) is 24.3 Å². The zero-order valence-electron chi connectivity index (χ0n) is 16.8. The second kappa shape index (κ2) is 8.00. The Bertz CT molecular complexity index is 1100. The van der Waals surface area contributed by atoms with Crippen LogP contribution in [0.4, 0.5) is 11.4 Å². The van der Waals surface area contributed by atoms with Crippen molar-refractivity contribution in [3.05, 3.63) is 82.9 Å². The number of nitrogens with zero attached hydrogens (tertiary/aromatic N) is 1. The van der Waals surface area contributed by atoms with Crippen molar-refractivity contribution in [3.8, 4) is 10.4 Å². The summed E-state index contributed by atoms with van der Waals surface area (Å²) in [5.74, 6) is 0.0203. The highest BCUT2D eigenvalue weighted by molar-refractivity contribution is 7.15. The highest BCUT2D eigenvalue weighted by atomic mass is 32.1. The molecule has 152 valence electrons. The average Bonchev–Trinajstić information content (AvgIpc) is 3.53.